The molecule has 0 spiro atoms. The Balaban J connectivity index is 2.12. The van der Waals surface area contributed by atoms with Crippen LogP contribution in [0.5, 0.6) is 5.75 Å². The molecule has 1 heterocycles. The average Bonchev–Trinajstić information content (AvgIpc) is 2.55. The van der Waals surface area contributed by atoms with Gasteiger partial charge in [0.05, 0.1) is 13.2 Å². The van der Waals surface area contributed by atoms with Crippen molar-refractivity contribution < 1.29 is 9.53 Å². The third-order valence-electron chi connectivity index (χ3n) is 3.76. The van der Waals surface area contributed by atoms with E-state index in [2.05, 4.69) is 0 Å². The smallest absolute Gasteiger partial charge is 0.250 e. The predicted molar refractivity (Wildman–Crippen MR) is 84.9 cm³/mol. The van der Waals surface area contributed by atoms with Gasteiger partial charge in [0.25, 0.3) is 5.56 Å². The molecule has 0 radical (unpaired) electrons. The van der Waals surface area contributed by atoms with Crippen molar-refractivity contribution in [2.24, 2.45) is 0 Å². The van der Waals surface area contributed by atoms with Crippen LogP contribution in [0.4, 0.5) is 0 Å². The summed E-state index contributed by atoms with van der Waals surface area (Å²) in [5, 5.41) is 0. The van der Waals surface area contributed by atoms with Crippen molar-refractivity contribution in [2.75, 3.05) is 14.2 Å². The van der Waals surface area contributed by atoms with Gasteiger partial charge >= 0.3 is 0 Å². The number of methoxy groups -OCH3 is 1. The molecule has 1 aromatic carbocycles. The summed E-state index contributed by atoms with van der Waals surface area (Å²) in [6.45, 7) is 1.98. The Morgan fingerprint density at radius 3 is 2.73 bits per heavy atom. The highest BCUT2D eigenvalue weighted by Gasteiger charge is 2.18. The summed E-state index contributed by atoms with van der Waals surface area (Å²) >= 11 is 0. The number of hydrogen-bond donors (Lipinski definition) is 0. The molecule has 0 aliphatic heterocycles. The van der Waals surface area contributed by atoms with Gasteiger partial charge in [-0.3, -0.25) is 9.59 Å². The molecule has 0 aliphatic carbocycles. The van der Waals surface area contributed by atoms with Crippen LogP contribution in [0.1, 0.15) is 18.5 Å². The minimum atomic E-state index is -0.182. The van der Waals surface area contributed by atoms with Gasteiger partial charge in [0.2, 0.25) is 5.91 Å². The molecule has 0 N–H and O–H groups in total. The lowest BCUT2D eigenvalue weighted by Gasteiger charge is -2.26. The monoisotopic (exact) mass is 300 g/mol. The van der Waals surface area contributed by atoms with E-state index in [-0.39, 0.29) is 24.1 Å². The Morgan fingerprint density at radius 1 is 1.27 bits per heavy atom. The number of pyridine rings is 1. The summed E-state index contributed by atoms with van der Waals surface area (Å²) in [4.78, 5) is 25.7. The third kappa shape index (κ3) is 3.55. The van der Waals surface area contributed by atoms with Gasteiger partial charge in [-0.2, -0.15) is 0 Å². The van der Waals surface area contributed by atoms with Crippen LogP contribution in [0.2, 0.25) is 0 Å². The first kappa shape index (κ1) is 15.8. The molecule has 2 rings (SSSR count). The van der Waals surface area contributed by atoms with E-state index >= 15 is 0 Å². The molecule has 5 nitrogen and oxygen atoms in total. The minimum absolute atomic E-state index is 0.0322. The van der Waals surface area contributed by atoms with Crippen LogP contribution in [0, 0.1) is 0 Å². The number of carbonyl (C=O) groups is 1. The number of nitrogens with zero attached hydrogens (tertiary/aromatic N) is 2. The summed E-state index contributed by atoms with van der Waals surface area (Å²) < 4.78 is 6.61. The number of rotatable bonds is 5. The Labute approximate surface area is 129 Å². The molecule has 116 valence electrons. The van der Waals surface area contributed by atoms with E-state index < -0.39 is 0 Å². The lowest BCUT2D eigenvalue weighted by molar-refractivity contribution is -0.132. The molecule has 0 saturated heterocycles. The van der Waals surface area contributed by atoms with Gasteiger partial charge in [-0.25, -0.2) is 0 Å². The molecule has 2 aromatic rings. The number of amides is 1. The van der Waals surface area contributed by atoms with Crippen molar-refractivity contribution in [3.8, 4) is 5.75 Å². The highest BCUT2D eigenvalue weighted by molar-refractivity contribution is 5.76. The number of hydrogen-bond acceptors (Lipinski definition) is 3. The Hall–Kier alpha value is -2.56. The standard InChI is InChI=1S/C17H20N2O3/c1-13(14-7-6-8-15(11-14)22-3)18(2)17(21)12-19-10-5-4-9-16(19)20/h4-11,13H,12H2,1-3H3. The fourth-order valence-corrected chi connectivity index (χ4v) is 2.19. The van der Waals surface area contributed by atoms with E-state index in [4.69, 9.17) is 4.74 Å². The SMILES string of the molecule is COc1cccc(C(C)N(C)C(=O)Cn2ccccc2=O)c1. The van der Waals surface area contributed by atoms with Gasteiger partial charge < -0.3 is 14.2 Å². The summed E-state index contributed by atoms with van der Waals surface area (Å²) in [6.07, 6.45) is 1.62. The molecule has 1 unspecified atom stereocenters. The van der Waals surface area contributed by atoms with Crippen molar-refractivity contribution >= 4 is 5.91 Å². The largest absolute Gasteiger partial charge is 0.497 e. The van der Waals surface area contributed by atoms with Gasteiger partial charge in [0, 0.05) is 19.3 Å². The fraction of sp³-hybridized carbons (Fsp3) is 0.294. The fourth-order valence-electron chi connectivity index (χ4n) is 2.19. The molecule has 22 heavy (non-hydrogen) atoms. The van der Waals surface area contributed by atoms with Gasteiger partial charge in [0.15, 0.2) is 0 Å². The first-order valence-corrected chi connectivity index (χ1v) is 7.08. The lowest BCUT2D eigenvalue weighted by Crippen LogP contribution is -2.35. The summed E-state index contributed by atoms with van der Waals surface area (Å²) in [5.41, 5.74) is 0.800. The maximum Gasteiger partial charge on any atom is 0.250 e. The van der Waals surface area contributed by atoms with Crippen LogP contribution in [0.15, 0.2) is 53.5 Å². The van der Waals surface area contributed by atoms with Gasteiger partial charge in [0.1, 0.15) is 12.3 Å². The zero-order valence-corrected chi connectivity index (χ0v) is 13.0. The highest BCUT2D eigenvalue weighted by atomic mass is 16.5. The van der Waals surface area contributed by atoms with E-state index in [9.17, 15) is 9.59 Å². The van der Waals surface area contributed by atoms with Crippen molar-refractivity contribution in [3.63, 3.8) is 0 Å². The maximum absolute atomic E-state index is 12.4. The van der Waals surface area contributed by atoms with Crippen molar-refractivity contribution in [1.29, 1.82) is 0 Å². The minimum Gasteiger partial charge on any atom is -0.497 e. The number of carbonyl (C=O) groups excluding carboxylic acids is 1. The zero-order chi connectivity index (χ0) is 16.1. The van der Waals surface area contributed by atoms with Crippen molar-refractivity contribution in [3.05, 3.63) is 64.6 Å². The van der Waals surface area contributed by atoms with Crippen molar-refractivity contribution in [2.45, 2.75) is 19.5 Å². The molecule has 1 amide bonds. The average molecular weight is 300 g/mol. The molecule has 1 atom stereocenters. The normalized spacial score (nSPS) is 11.8. The number of ether oxygens (including phenoxy) is 1. The second-order valence-corrected chi connectivity index (χ2v) is 5.12. The molecule has 1 aromatic heterocycles. The molecule has 0 fully saturated rings. The van der Waals surface area contributed by atoms with Crippen LogP contribution in [-0.2, 0) is 11.3 Å². The third-order valence-corrected chi connectivity index (χ3v) is 3.76. The number of benzene rings is 1. The molecular weight excluding hydrogens is 280 g/mol. The van der Waals surface area contributed by atoms with Gasteiger partial charge in [-0.15, -0.1) is 0 Å². The van der Waals surface area contributed by atoms with E-state index in [1.807, 2.05) is 31.2 Å². The van der Waals surface area contributed by atoms with E-state index in [0.717, 1.165) is 11.3 Å². The Kier molecular flexibility index (Phi) is 4.99. The van der Waals surface area contributed by atoms with Crippen LogP contribution < -0.4 is 10.3 Å². The molecule has 0 saturated carbocycles. The van der Waals surface area contributed by atoms with Crippen LogP contribution in [-0.4, -0.2) is 29.5 Å². The second-order valence-electron chi connectivity index (χ2n) is 5.12. The molecule has 5 heteroatoms. The summed E-state index contributed by atoms with van der Waals surface area (Å²) in [6, 6.07) is 12.3. The Bertz CT molecular complexity index is 709. The van der Waals surface area contributed by atoms with Gasteiger partial charge in [-0.05, 0) is 30.7 Å². The van der Waals surface area contributed by atoms with Crippen LogP contribution in [0.25, 0.3) is 0 Å². The highest BCUT2D eigenvalue weighted by Crippen LogP contribution is 2.23. The zero-order valence-electron chi connectivity index (χ0n) is 13.0. The number of aromatic nitrogens is 1. The van der Waals surface area contributed by atoms with Crippen LogP contribution in [0.3, 0.4) is 0 Å². The first-order valence-electron chi connectivity index (χ1n) is 7.08. The van der Waals surface area contributed by atoms with E-state index in [1.54, 1.807) is 37.4 Å². The topological polar surface area (TPSA) is 51.5 Å². The second kappa shape index (κ2) is 6.93. The lowest BCUT2D eigenvalue weighted by atomic mass is 10.1. The summed E-state index contributed by atoms with van der Waals surface area (Å²) in [7, 11) is 3.35. The predicted octanol–water partition coefficient (Wildman–Crippen LogP) is 2.08. The maximum atomic E-state index is 12.4. The first-order chi connectivity index (χ1) is 10.5. The van der Waals surface area contributed by atoms with Crippen LogP contribution >= 0.6 is 0 Å². The number of likely N-dealkylation sites (N-methyl/N-ethyl adjacent to an activating group) is 1. The van der Waals surface area contributed by atoms with E-state index in [1.165, 1.54) is 10.6 Å². The quantitative estimate of drug-likeness (QED) is 0.849. The van der Waals surface area contributed by atoms with Gasteiger partial charge in [-0.1, -0.05) is 18.2 Å². The molecular formula is C17H20N2O3. The molecule has 0 aliphatic rings. The van der Waals surface area contributed by atoms with E-state index in [0.29, 0.717) is 0 Å². The molecule has 0 bridgehead atoms. The summed E-state index contributed by atoms with van der Waals surface area (Å²) in [5.74, 6) is 0.632. The van der Waals surface area contributed by atoms with Crippen molar-refractivity contribution in [1.82, 2.24) is 9.47 Å². The Morgan fingerprint density at radius 2 is 2.05 bits per heavy atom.